The van der Waals surface area contributed by atoms with Gasteiger partial charge >= 0.3 is 0 Å². The number of carbonyl (C=O) groups excluding carboxylic acids is 1. The largest absolute Gasteiger partial charge is 0.350 e. The van der Waals surface area contributed by atoms with Gasteiger partial charge in [0, 0.05) is 6.42 Å². The first-order chi connectivity index (χ1) is 14.1. The van der Waals surface area contributed by atoms with Crippen molar-refractivity contribution in [3.8, 4) is 0 Å². The highest BCUT2D eigenvalue weighted by Crippen LogP contribution is 2.14. The number of allylic oxidation sites excluding steroid dienone is 4. The van der Waals surface area contributed by atoms with Crippen LogP contribution in [0, 0.1) is 6.92 Å². The number of aryl methyl sites for hydroxylation is 1. The molecule has 29 heavy (non-hydrogen) atoms. The van der Waals surface area contributed by atoms with Crippen LogP contribution in [0.15, 0.2) is 48.6 Å². The number of benzene rings is 1. The van der Waals surface area contributed by atoms with Crippen molar-refractivity contribution in [2.24, 2.45) is 0 Å². The summed E-state index contributed by atoms with van der Waals surface area (Å²) in [6.07, 6.45) is 23.2. The molecule has 0 saturated carbocycles. The SMILES string of the molecule is CCCCC/C=C\C/C=C\CCCCCCCC(=O)NC(C)c1cccc(C)c1. The molecule has 0 heterocycles. The van der Waals surface area contributed by atoms with Crippen LogP contribution in [-0.4, -0.2) is 5.91 Å². The molecule has 0 aliphatic heterocycles. The average molecular weight is 398 g/mol. The fraction of sp³-hybridized carbons (Fsp3) is 0.593. The lowest BCUT2D eigenvalue weighted by atomic mass is 10.1. The van der Waals surface area contributed by atoms with E-state index in [0.29, 0.717) is 6.42 Å². The Morgan fingerprint density at radius 3 is 2.28 bits per heavy atom. The summed E-state index contributed by atoms with van der Waals surface area (Å²) >= 11 is 0. The van der Waals surface area contributed by atoms with Crippen molar-refractivity contribution in [2.75, 3.05) is 0 Å². The quantitative estimate of drug-likeness (QED) is 0.222. The van der Waals surface area contributed by atoms with Crippen LogP contribution in [0.4, 0.5) is 0 Å². The lowest BCUT2D eigenvalue weighted by molar-refractivity contribution is -0.121. The molecule has 0 spiro atoms. The summed E-state index contributed by atoms with van der Waals surface area (Å²) in [7, 11) is 0. The minimum absolute atomic E-state index is 0.0837. The van der Waals surface area contributed by atoms with Gasteiger partial charge in [-0.25, -0.2) is 0 Å². The molecule has 0 aromatic heterocycles. The Kier molecular flexibility index (Phi) is 14.8. The molecule has 2 heteroatoms. The van der Waals surface area contributed by atoms with E-state index in [-0.39, 0.29) is 11.9 Å². The molecule has 1 aromatic rings. The molecule has 1 aromatic carbocycles. The summed E-state index contributed by atoms with van der Waals surface area (Å²) < 4.78 is 0. The van der Waals surface area contributed by atoms with Gasteiger partial charge in [0.2, 0.25) is 5.91 Å². The molecule has 0 fully saturated rings. The second kappa shape index (κ2) is 17.1. The summed E-state index contributed by atoms with van der Waals surface area (Å²) in [5.74, 6) is 0.171. The van der Waals surface area contributed by atoms with Gasteiger partial charge in [0.25, 0.3) is 0 Å². The topological polar surface area (TPSA) is 29.1 Å². The van der Waals surface area contributed by atoms with Gasteiger partial charge in [-0.1, -0.05) is 93.2 Å². The summed E-state index contributed by atoms with van der Waals surface area (Å²) in [5, 5.41) is 3.12. The van der Waals surface area contributed by atoms with E-state index < -0.39 is 0 Å². The van der Waals surface area contributed by atoms with Crippen LogP contribution in [0.5, 0.6) is 0 Å². The Morgan fingerprint density at radius 1 is 0.931 bits per heavy atom. The monoisotopic (exact) mass is 397 g/mol. The molecule has 0 aliphatic carbocycles. The van der Waals surface area contributed by atoms with Gasteiger partial charge in [0.1, 0.15) is 0 Å². The Bertz CT molecular complexity index is 602. The standard InChI is InChI=1S/C27H43NO/c1-4-5-6-7-8-9-10-11-12-13-14-15-16-17-18-22-27(29)28-25(3)26-21-19-20-24(2)23-26/h8-9,11-12,19-21,23,25H,4-7,10,13-18,22H2,1-3H3,(H,28,29)/b9-8-,12-11-. The number of carbonyl (C=O) groups is 1. The van der Waals surface area contributed by atoms with E-state index in [1.807, 2.05) is 6.07 Å². The van der Waals surface area contributed by atoms with Crippen molar-refractivity contribution < 1.29 is 4.79 Å². The third-order valence-corrected chi connectivity index (χ3v) is 5.27. The van der Waals surface area contributed by atoms with E-state index in [4.69, 9.17) is 0 Å². The fourth-order valence-electron chi connectivity index (χ4n) is 3.43. The smallest absolute Gasteiger partial charge is 0.220 e. The summed E-state index contributed by atoms with van der Waals surface area (Å²) in [6.45, 7) is 6.39. The van der Waals surface area contributed by atoms with Gasteiger partial charge in [0.05, 0.1) is 6.04 Å². The average Bonchev–Trinajstić information content (AvgIpc) is 2.71. The van der Waals surface area contributed by atoms with E-state index in [0.717, 1.165) is 19.3 Å². The molecule has 0 radical (unpaired) electrons. The van der Waals surface area contributed by atoms with E-state index >= 15 is 0 Å². The summed E-state index contributed by atoms with van der Waals surface area (Å²) in [4.78, 5) is 12.1. The van der Waals surface area contributed by atoms with Crippen LogP contribution < -0.4 is 5.32 Å². The van der Waals surface area contributed by atoms with Crippen molar-refractivity contribution in [1.29, 1.82) is 0 Å². The van der Waals surface area contributed by atoms with Crippen LogP contribution >= 0.6 is 0 Å². The number of unbranched alkanes of at least 4 members (excludes halogenated alkanes) is 8. The van der Waals surface area contributed by atoms with E-state index in [1.54, 1.807) is 0 Å². The number of rotatable bonds is 16. The normalized spacial score (nSPS) is 12.7. The van der Waals surface area contributed by atoms with Crippen LogP contribution in [0.1, 0.15) is 108 Å². The third kappa shape index (κ3) is 13.9. The minimum Gasteiger partial charge on any atom is -0.350 e. The van der Waals surface area contributed by atoms with Gasteiger partial charge in [-0.15, -0.1) is 0 Å². The predicted molar refractivity (Wildman–Crippen MR) is 127 cm³/mol. The van der Waals surface area contributed by atoms with Crippen molar-refractivity contribution in [3.63, 3.8) is 0 Å². The van der Waals surface area contributed by atoms with E-state index in [9.17, 15) is 4.79 Å². The zero-order valence-electron chi connectivity index (χ0n) is 19.1. The maximum atomic E-state index is 12.1. The second-order valence-electron chi connectivity index (χ2n) is 8.18. The van der Waals surface area contributed by atoms with Gasteiger partial charge in [0.15, 0.2) is 0 Å². The van der Waals surface area contributed by atoms with Gasteiger partial charge in [-0.3, -0.25) is 4.79 Å². The Balaban J connectivity index is 1.96. The Hall–Kier alpha value is -1.83. The minimum atomic E-state index is 0.0837. The molecule has 1 amide bonds. The van der Waals surface area contributed by atoms with E-state index in [1.165, 1.54) is 62.5 Å². The molecule has 0 saturated heterocycles. The molecular weight excluding hydrogens is 354 g/mol. The van der Waals surface area contributed by atoms with Gasteiger partial charge in [-0.05, 0) is 57.9 Å². The maximum Gasteiger partial charge on any atom is 0.220 e. The molecule has 1 atom stereocenters. The van der Waals surface area contributed by atoms with Gasteiger partial charge in [-0.2, -0.15) is 0 Å². The van der Waals surface area contributed by atoms with Crippen LogP contribution in [0.2, 0.25) is 0 Å². The molecule has 1 N–H and O–H groups in total. The number of nitrogens with one attached hydrogen (secondary N) is 1. The van der Waals surface area contributed by atoms with Gasteiger partial charge < -0.3 is 5.32 Å². The summed E-state index contributed by atoms with van der Waals surface area (Å²) in [6, 6.07) is 8.44. The zero-order valence-corrected chi connectivity index (χ0v) is 19.1. The molecule has 162 valence electrons. The first-order valence-corrected chi connectivity index (χ1v) is 11.8. The van der Waals surface area contributed by atoms with Crippen molar-refractivity contribution >= 4 is 5.91 Å². The molecule has 0 bridgehead atoms. The highest BCUT2D eigenvalue weighted by atomic mass is 16.1. The number of hydrogen-bond acceptors (Lipinski definition) is 1. The highest BCUT2D eigenvalue weighted by Gasteiger charge is 2.09. The second-order valence-corrected chi connectivity index (χ2v) is 8.18. The Labute approximate surface area is 179 Å². The van der Waals surface area contributed by atoms with Crippen molar-refractivity contribution in [3.05, 3.63) is 59.7 Å². The Morgan fingerprint density at radius 2 is 1.59 bits per heavy atom. The molecule has 2 nitrogen and oxygen atoms in total. The molecule has 1 unspecified atom stereocenters. The van der Waals surface area contributed by atoms with Crippen molar-refractivity contribution in [1.82, 2.24) is 5.32 Å². The third-order valence-electron chi connectivity index (χ3n) is 5.27. The number of amides is 1. The lowest BCUT2D eigenvalue weighted by Gasteiger charge is -2.15. The van der Waals surface area contributed by atoms with Crippen LogP contribution in [0.25, 0.3) is 0 Å². The lowest BCUT2D eigenvalue weighted by Crippen LogP contribution is -2.26. The molecule has 0 aliphatic rings. The zero-order chi connectivity index (χ0) is 21.2. The van der Waals surface area contributed by atoms with E-state index in [2.05, 4.69) is 68.6 Å². The van der Waals surface area contributed by atoms with Crippen molar-refractivity contribution in [2.45, 2.75) is 104 Å². The maximum absolute atomic E-state index is 12.1. The highest BCUT2D eigenvalue weighted by molar-refractivity contribution is 5.76. The summed E-state index contributed by atoms with van der Waals surface area (Å²) in [5.41, 5.74) is 2.41. The predicted octanol–water partition coefficient (Wildman–Crippen LogP) is 7.99. The first-order valence-electron chi connectivity index (χ1n) is 11.8. The first kappa shape index (κ1) is 25.2. The fourth-order valence-corrected chi connectivity index (χ4v) is 3.43. The van der Waals surface area contributed by atoms with Crippen LogP contribution in [-0.2, 0) is 4.79 Å². The molecule has 1 rings (SSSR count). The number of hydrogen-bond donors (Lipinski definition) is 1. The van der Waals surface area contributed by atoms with Crippen LogP contribution in [0.3, 0.4) is 0 Å². The molecular formula is C27H43NO.